The lowest BCUT2D eigenvalue weighted by molar-refractivity contribution is -0.121. The Bertz CT molecular complexity index is 207. The van der Waals surface area contributed by atoms with E-state index in [1.165, 1.54) is 0 Å². The smallest absolute Gasteiger partial charge is 0.221 e. The molecule has 3 atom stereocenters. The van der Waals surface area contributed by atoms with Crippen molar-refractivity contribution >= 4 is 16.7 Å². The highest BCUT2D eigenvalue weighted by molar-refractivity contribution is 7.84. The summed E-state index contributed by atoms with van der Waals surface area (Å²) in [7, 11) is -0.812. The van der Waals surface area contributed by atoms with E-state index in [2.05, 4.69) is 5.32 Å². The molecule has 0 saturated carbocycles. The van der Waals surface area contributed by atoms with Gasteiger partial charge in [0.25, 0.3) is 0 Å². The lowest BCUT2D eigenvalue weighted by Crippen LogP contribution is -2.31. The minimum absolute atomic E-state index is 0.0333. The molecule has 0 heterocycles. The Morgan fingerprint density at radius 2 is 2.07 bits per heavy atom. The third-order valence-electron chi connectivity index (χ3n) is 1.95. The predicted molar refractivity (Wildman–Crippen MR) is 59.4 cm³/mol. The molecule has 0 bridgehead atoms. The van der Waals surface area contributed by atoms with Crippen molar-refractivity contribution in [1.29, 1.82) is 0 Å². The molecule has 0 aromatic rings. The molecule has 0 aliphatic heterocycles. The fourth-order valence-electron chi connectivity index (χ4n) is 0.945. The lowest BCUT2D eigenvalue weighted by atomic mass is 10.2. The normalized spacial score (nSPS) is 17.1. The third kappa shape index (κ3) is 7.03. The van der Waals surface area contributed by atoms with Crippen LogP contribution in [0.15, 0.2) is 0 Å². The average molecular weight is 220 g/mol. The minimum atomic E-state index is -0.812. The molecular weight excluding hydrogens is 200 g/mol. The van der Waals surface area contributed by atoms with Crippen molar-refractivity contribution in [2.75, 3.05) is 12.8 Å². The number of carbonyl (C=O) groups excluding carboxylic acids is 1. The number of carbonyl (C=O) groups is 1. The minimum Gasteiger partial charge on any atom is -0.356 e. The molecule has 4 nitrogen and oxygen atoms in total. The Hall–Kier alpha value is -0.420. The zero-order valence-electron chi connectivity index (χ0n) is 9.08. The van der Waals surface area contributed by atoms with Gasteiger partial charge in [-0.2, -0.15) is 0 Å². The van der Waals surface area contributed by atoms with Crippen LogP contribution in [-0.4, -0.2) is 34.2 Å². The maximum absolute atomic E-state index is 11.1. The first-order valence-corrected chi connectivity index (χ1v) is 6.40. The number of hydrogen-bond acceptors (Lipinski definition) is 3. The van der Waals surface area contributed by atoms with Crippen molar-refractivity contribution in [2.24, 2.45) is 5.73 Å². The molecule has 0 rings (SSSR count). The molecule has 0 aromatic heterocycles. The van der Waals surface area contributed by atoms with Crippen LogP contribution in [0.2, 0.25) is 0 Å². The van der Waals surface area contributed by atoms with E-state index < -0.39 is 10.8 Å². The van der Waals surface area contributed by atoms with E-state index in [1.54, 1.807) is 13.2 Å². The van der Waals surface area contributed by atoms with Gasteiger partial charge in [-0.25, -0.2) is 0 Å². The van der Waals surface area contributed by atoms with Crippen LogP contribution in [-0.2, 0) is 15.6 Å². The molecule has 14 heavy (non-hydrogen) atoms. The van der Waals surface area contributed by atoms with Crippen LogP contribution >= 0.6 is 0 Å². The van der Waals surface area contributed by atoms with Crippen LogP contribution in [0.1, 0.15) is 26.7 Å². The van der Waals surface area contributed by atoms with Crippen LogP contribution in [0.3, 0.4) is 0 Å². The summed E-state index contributed by atoms with van der Waals surface area (Å²) in [5, 5.41) is 2.88. The Kier molecular flexibility index (Phi) is 6.74. The number of hydrogen-bond donors (Lipinski definition) is 2. The van der Waals surface area contributed by atoms with Crippen molar-refractivity contribution in [3.8, 4) is 0 Å². The summed E-state index contributed by atoms with van der Waals surface area (Å²) >= 11 is 0. The molecule has 0 aromatic carbocycles. The van der Waals surface area contributed by atoms with Gasteiger partial charge in [0.2, 0.25) is 5.91 Å². The summed E-state index contributed by atoms with van der Waals surface area (Å²) in [5.41, 5.74) is 5.46. The number of nitrogens with one attached hydrogen (secondary N) is 1. The van der Waals surface area contributed by atoms with E-state index in [1.807, 2.05) is 6.92 Å². The summed E-state index contributed by atoms with van der Waals surface area (Å²) in [5.74, 6) is -0.0333. The second-order valence-corrected chi connectivity index (χ2v) is 5.43. The molecular formula is C9H20N2O2S. The molecule has 0 aliphatic carbocycles. The monoisotopic (exact) mass is 220 g/mol. The van der Waals surface area contributed by atoms with Crippen LogP contribution in [0.5, 0.6) is 0 Å². The SMILES string of the molecule is CC(N)CC(=O)NCCC(C)S(C)=O. The highest BCUT2D eigenvalue weighted by Crippen LogP contribution is 1.97. The van der Waals surface area contributed by atoms with Gasteiger partial charge in [-0.3, -0.25) is 9.00 Å². The van der Waals surface area contributed by atoms with E-state index in [0.29, 0.717) is 13.0 Å². The first kappa shape index (κ1) is 13.6. The molecule has 0 saturated heterocycles. The summed E-state index contributed by atoms with van der Waals surface area (Å²) in [6, 6.07) is -0.104. The zero-order valence-corrected chi connectivity index (χ0v) is 9.89. The van der Waals surface area contributed by atoms with E-state index in [4.69, 9.17) is 5.73 Å². The Labute approximate surface area is 88.1 Å². The predicted octanol–water partition coefficient (Wildman–Crippen LogP) is -0.00300. The maximum atomic E-state index is 11.1. The van der Waals surface area contributed by atoms with Crippen LogP contribution in [0.4, 0.5) is 0 Å². The molecule has 0 fully saturated rings. The Morgan fingerprint density at radius 1 is 1.50 bits per heavy atom. The first-order valence-electron chi connectivity index (χ1n) is 4.78. The van der Waals surface area contributed by atoms with Gasteiger partial charge in [0, 0.05) is 41.3 Å². The van der Waals surface area contributed by atoms with E-state index >= 15 is 0 Å². The second kappa shape index (κ2) is 6.95. The van der Waals surface area contributed by atoms with E-state index in [-0.39, 0.29) is 17.2 Å². The number of rotatable bonds is 6. The highest BCUT2D eigenvalue weighted by Gasteiger charge is 2.07. The third-order valence-corrected chi connectivity index (χ3v) is 3.32. The molecule has 0 radical (unpaired) electrons. The quantitative estimate of drug-likeness (QED) is 0.661. The van der Waals surface area contributed by atoms with Gasteiger partial charge in [0.05, 0.1) is 0 Å². The van der Waals surface area contributed by atoms with Crippen molar-refractivity contribution in [3.63, 3.8) is 0 Å². The Morgan fingerprint density at radius 3 is 2.50 bits per heavy atom. The van der Waals surface area contributed by atoms with Crippen molar-refractivity contribution in [2.45, 2.75) is 38.0 Å². The lowest BCUT2D eigenvalue weighted by Gasteiger charge is -2.10. The van der Waals surface area contributed by atoms with Gasteiger partial charge >= 0.3 is 0 Å². The zero-order chi connectivity index (χ0) is 11.1. The van der Waals surface area contributed by atoms with E-state index in [0.717, 1.165) is 6.42 Å². The largest absolute Gasteiger partial charge is 0.356 e. The summed E-state index contributed by atoms with van der Waals surface area (Å²) in [4.78, 5) is 11.1. The highest BCUT2D eigenvalue weighted by atomic mass is 32.2. The molecule has 84 valence electrons. The Balaban J connectivity index is 3.54. The number of amides is 1. The molecule has 5 heteroatoms. The topological polar surface area (TPSA) is 72.2 Å². The fourth-order valence-corrected chi connectivity index (χ4v) is 1.40. The van der Waals surface area contributed by atoms with E-state index in [9.17, 15) is 9.00 Å². The number of nitrogens with two attached hydrogens (primary N) is 1. The van der Waals surface area contributed by atoms with Gasteiger partial charge in [0.1, 0.15) is 0 Å². The van der Waals surface area contributed by atoms with Gasteiger partial charge in [-0.1, -0.05) is 6.92 Å². The first-order chi connectivity index (χ1) is 6.43. The van der Waals surface area contributed by atoms with Crippen LogP contribution in [0.25, 0.3) is 0 Å². The van der Waals surface area contributed by atoms with Gasteiger partial charge < -0.3 is 11.1 Å². The van der Waals surface area contributed by atoms with Gasteiger partial charge in [-0.05, 0) is 13.3 Å². The molecule has 3 unspecified atom stereocenters. The molecule has 3 N–H and O–H groups in total. The summed E-state index contributed by atoms with van der Waals surface area (Å²) < 4.78 is 11.0. The van der Waals surface area contributed by atoms with Crippen LogP contribution < -0.4 is 11.1 Å². The molecule has 0 spiro atoms. The molecule has 1 amide bonds. The fraction of sp³-hybridized carbons (Fsp3) is 0.889. The van der Waals surface area contributed by atoms with Gasteiger partial charge in [0.15, 0.2) is 0 Å². The summed E-state index contributed by atoms with van der Waals surface area (Å²) in [6.07, 6.45) is 2.77. The summed E-state index contributed by atoms with van der Waals surface area (Å²) in [6.45, 7) is 4.28. The van der Waals surface area contributed by atoms with Crippen molar-refractivity contribution in [1.82, 2.24) is 5.32 Å². The standard InChI is InChI=1S/C9H20N2O2S/c1-7(10)6-9(12)11-5-4-8(2)14(3)13/h7-8H,4-6,10H2,1-3H3,(H,11,12). The van der Waals surface area contributed by atoms with Crippen molar-refractivity contribution < 1.29 is 9.00 Å². The van der Waals surface area contributed by atoms with Crippen molar-refractivity contribution in [3.05, 3.63) is 0 Å². The van der Waals surface area contributed by atoms with Gasteiger partial charge in [-0.15, -0.1) is 0 Å². The molecule has 0 aliphatic rings. The van der Waals surface area contributed by atoms with Crippen LogP contribution in [0, 0.1) is 0 Å². The average Bonchev–Trinajstić information content (AvgIpc) is 2.02. The second-order valence-electron chi connectivity index (χ2n) is 3.63. The maximum Gasteiger partial charge on any atom is 0.221 e.